The quantitative estimate of drug-likeness (QED) is 0.882. The number of amides is 1. The molecule has 1 aliphatic rings. The minimum Gasteiger partial charge on any atom is -0.467 e. The lowest BCUT2D eigenvalue weighted by molar-refractivity contribution is 0.0718. The fraction of sp³-hybridized carbons (Fsp3) is 0.353. The molecule has 1 aromatic heterocycles. The summed E-state index contributed by atoms with van der Waals surface area (Å²) in [6, 6.07) is 11.8. The van der Waals surface area contributed by atoms with Crippen molar-refractivity contribution in [3.05, 3.63) is 54.0 Å². The summed E-state index contributed by atoms with van der Waals surface area (Å²) in [5.41, 5.74) is 1.63. The van der Waals surface area contributed by atoms with Gasteiger partial charge in [0.25, 0.3) is 5.91 Å². The Morgan fingerprint density at radius 1 is 1.29 bits per heavy atom. The van der Waals surface area contributed by atoms with E-state index in [0.717, 1.165) is 36.4 Å². The summed E-state index contributed by atoms with van der Waals surface area (Å²) in [6.07, 6.45) is 3.81. The number of carbonyl (C=O) groups is 1. The van der Waals surface area contributed by atoms with Crippen molar-refractivity contribution in [2.75, 3.05) is 11.9 Å². The number of nitrogens with zero attached hydrogens (tertiary/aromatic N) is 1. The van der Waals surface area contributed by atoms with E-state index >= 15 is 0 Å². The zero-order valence-electron chi connectivity index (χ0n) is 12.2. The SMILES string of the molecule is CCNc1ccccc1C(=O)N(Cc1ccco1)C1CC1. The first kappa shape index (κ1) is 13.7. The molecule has 0 unspecified atom stereocenters. The summed E-state index contributed by atoms with van der Waals surface area (Å²) in [4.78, 5) is 14.8. The van der Waals surface area contributed by atoms with Crippen LogP contribution in [0, 0.1) is 0 Å². The molecule has 1 amide bonds. The number of benzene rings is 1. The average molecular weight is 284 g/mol. The average Bonchev–Trinajstić information content (AvgIpc) is 3.21. The maximum atomic E-state index is 12.9. The van der Waals surface area contributed by atoms with Crippen LogP contribution in [0.4, 0.5) is 5.69 Å². The molecule has 0 saturated heterocycles. The number of carbonyl (C=O) groups excluding carboxylic acids is 1. The molecular formula is C17H20N2O2. The van der Waals surface area contributed by atoms with Crippen molar-refractivity contribution in [2.24, 2.45) is 0 Å². The van der Waals surface area contributed by atoms with E-state index < -0.39 is 0 Å². The number of hydrogen-bond acceptors (Lipinski definition) is 3. The number of rotatable bonds is 6. The number of nitrogens with one attached hydrogen (secondary N) is 1. The van der Waals surface area contributed by atoms with E-state index in [-0.39, 0.29) is 5.91 Å². The molecule has 4 heteroatoms. The smallest absolute Gasteiger partial charge is 0.256 e. The van der Waals surface area contributed by atoms with E-state index in [4.69, 9.17) is 4.42 Å². The topological polar surface area (TPSA) is 45.5 Å². The van der Waals surface area contributed by atoms with Gasteiger partial charge in [0.15, 0.2) is 0 Å². The monoisotopic (exact) mass is 284 g/mol. The first-order valence-corrected chi connectivity index (χ1v) is 7.46. The highest BCUT2D eigenvalue weighted by atomic mass is 16.3. The van der Waals surface area contributed by atoms with Crippen molar-refractivity contribution >= 4 is 11.6 Å². The van der Waals surface area contributed by atoms with Crippen molar-refractivity contribution in [2.45, 2.75) is 32.4 Å². The second kappa shape index (κ2) is 6.04. The van der Waals surface area contributed by atoms with Gasteiger partial charge in [-0.25, -0.2) is 0 Å². The fourth-order valence-electron chi connectivity index (χ4n) is 2.49. The molecule has 1 saturated carbocycles. The summed E-state index contributed by atoms with van der Waals surface area (Å²) in [7, 11) is 0. The second-order valence-electron chi connectivity index (χ2n) is 5.32. The maximum absolute atomic E-state index is 12.9. The van der Waals surface area contributed by atoms with Gasteiger partial charge in [-0.15, -0.1) is 0 Å². The van der Waals surface area contributed by atoms with Crippen molar-refractivity contribution in [3.63, 3.8) is 0 Å². The van der Waals surface area contributed by atoms with Gasteiger partial charge in [-0.05, 0) is 44.0 Å². The molecule has 0 aliphatic heterocycles. The highest BCUT2D eigenvalue weighted by Crippen LogP contribution is 2.31. The van der Waals surface area contributed by atoms with Gasteiger partial charge in [0.05, 0.1) is 18.4 Å². The summed E-state index contributed by atoms with van der Waals surface area (Å²) in [5, 5.41) is 3.26. The van der Waals surface area contributed by atoms with Crippen LogP contribution in [0.3, 0.4) is 0 Å². The van der Waals surface area contributed by atoms with Gasteiger partial charge < -0.3 is 14.6 Å². The van der Waals surface area contributed by atoms with Gasteiger partial charge in [-0.2, -0.15) is 0 Å². The van der Waals surface area contributed by atoms with Crippen LogP contribution in [-0.2, 0) is 6.54 Å². The molecular weight excluding hydrogens is 264 g/mol. The summed E-state index contributed by atoms with van der Waals surface area (Å²) in [5.74, 6) is 0.904. The lowest BCUT2D eigenvalue weighted by Crippen LogP contribution is -2.33. The van der Waals surface area contributed by atoms with Crippen LogP contribution >= 0.6 is 0 Å². The van der Waals surface area contributed by atoms with Crippen LogP contribution in [0.2, 0.25) is 0 Å². The standard InChI is InChI=1S/C17H20N2O2/c1-2-18-16-8-4-3-7-15(16)17(20)19(13-9-10-13)12-14-6-5-11-21-14/h3-8,11,13,18H,2,9-10,12H2,1H3. The Labute approximate surface area is 124 Å². The molecule has 0 bridgehead atoms. The first-order valence-electron chi connectivity index (χ1n) is 7.46. The molecule has 110 valence electrons. The summed E-state index contributed by atoms with van der Waals surface area (Å²) >= 11 is 0. The highest BCUT2D eigenvalue weighted by molar-refractivity contribution is 5.99. The predicted octanol–water partition coefficient (Wildman–Crippen LogP) is 3.52. The minimum absolute atomic E-state index is 0.0745. The van der Waals surface area contributed by atoms with Gasteiger partial charge >= 0.3 is 0 Å². The molecule has 4 nitrogen and oxygen atoms in total. The summed E-state index contributed by atoms with van der Waals surface area (Å²) in [6.45, 7) is 3.37. The van der Waals surface area contributed by atoms with Crippen LogP contribution in [0.25, 0.3) is 0 Å². The summed E-state index contributed by atoms with van der Waals surface area (Å²) < 4.78 is 5.40. The lowest BCUT2D eigenvalue weighted by Gasteiger charge is -2.23. The number of hydrogen-bond donors (Lipinski definition) is 1. The van der Waals surface area contributed by atoms with Gasteiger partial charge in [-0.1, -0.05) is 12.1 Å². The van der Waals surface area contributed by atoms with Crippen LogP contribution in [0.15, 0.2) is 47.1 Å². The van der Waals surface area contributed by atoms with Crippen LogP contribution < -0.4 is 5.32 Å². The third-order valence-electron chi connectivity index (χ3n) is 3.68. The fourth-order valence-corrected chi connectivity index (χ4v) is 2.49. The lowest BCUT2D eigenvalue weighted by atomic mass is 10.1. The number of anilines is 1. The van der Waals surface area contributed by atoms with Crippen molar-refractivity contribution < 1.29 is 9.21 Å². The van der Waals surface area contributed by atoms with E-state index in [1.165, 1.54) is 0 Å². The van der Waals surface area contributed by atoms with Gasteiger partial charge in [0.2, 0.25) is 0 Å². The number of furan rings is 1. The normalized spacial score (nSPS) is 14.0. The second-order valence-corrected chi connectivity index (χ2v) is 5.32. The molecule has 1 aliphatic carbocycles. The van der Waals surface area contributed by atoms with E-state index in [1.807, 2.05) is 48.2 Å². The molecule has 0 spiro atoms. The molecule has 0 radical (unpaired) electrons. The minimum atomic E-state index is 0.0745. The molecule has 1 fully saturated rings. The van der Waals surface area contributed by atoms with Crippen molar-refractivity contribution in [1.29, 1.82) is 0 Å². The molecule has 1 aromatic carbocycles. The van der Waals surface area contributed by atoms with Crippen LogP contribution in [-0.4, -0.2) is 23.4 Å². The molecule has 1 N–H and O–H groups in total. The zero-order valence-corrected chi connectivity index (χ0v) is 12.2. The Balaban J connectivity index is 1.84. The number of para-hydroxylation sites is 1. The third-order valence-corrected chi connectivity index (χ3v) is 3.68. The highest BCUT2D eigenvalue weighted by Gasteiger charge is 2.34. The molecule has 21 heavy (non-hydrogen) atoms. The Kier molecular flexibility index (Phi) is 3.95. The maximum Gasteiger partial charge on any atom is 0.256 e. The van der Waals surface area contributed by atoms with E-state index in [2.05, 4.69) is 5.32 Å². The molecule has 2 aromatic rings. The van der Waals surface area contributed by atoms with Gasteiger partial charge in [-0.3, -0.25) is 4.79 Å². The first-order chi connectivity index (χ1) is 10.3. The molecule has 0 atom stereocenters. The van der Waals surface area contributed by atoms with Gasteiger partial charge in [0, 0.05) is 18.3 Å². The Hall–Kier alpha value is -2.23. The third kappa shape index (κ3) is 3.10. The largest absolute Gasteiger partial charge is 0.467 e. The molecule has 3 rings (SSSR count). The van der Waals surface area contributed by atoms with Crippen molar-refractivity contribution in [3.8, 4) is 0 Å². The predicted molar refractivity (Wildman–Crippen MR) is 82.2 cm³/mol. The van der Waals surface area contributed by atoms with Crippen LogP contribution in [0.1, 0.15) is 35.9 Å². The van der Waals surface area contributed by atoms with Crippen molar-refractivity contribution in [1.82, 2.24) is 4.90 Å². The zero-order chi connectivity index (χ0) is 14.7. The van der Waals surface area contributed by atoms with Crippen LogP contribution in [0.5, 0.6) is 0 Å². The Bertz CT molecular complexity index is 603. The molecule has 1 heterocycles. The van der Waals surface area contributed by atoms with E-state index in [0.29, 0.717) is 12.6 Å². The van der Waals surface area contributed by atoms with E-state index in [9.17, 15) is 4.79 Å². The Morgan fingerprint density at radius 2 is 2.10 bits per heavy atom. The Morgan fingerprint density at radius 3 is 2.76 bits per heavy atom. The van der Waals surface area contributed by atoms with E-state index in [1.54, 1.807) is 6.26 Å². The van der Waals surface area contributed by atoms with Gasteiger partial charge in [0.1, 0.15) is 5.76 Å².